The Labute approximate surface area is 166 Å². The molecule has 146 valence electrons. The molecular weight excluding hydrogens is 372 g/mol. The van der Waals surface area contributed by atoms with Crippen molar-refractivity contribution in [2.75, 3.05) is 24.2 Å². The molecule has 1 fully saturated rings. The van der Waals surface area contributed by atoms with Gasteiger partial charge in [-0.2, -0.15) is 0 Å². The number of hydrogen-bond acceptors (Lipinski definition) is 3. The van der Waals surface area contributed by atoms with E-state index in [1.165, 1.54) is 4.31 Å². The molecule has 0 radical (unpaired) electrons. The molecule has 1 aliphatic heterocycles. The van der Waals surface area contributed by atoms with Crippen LogP contribution in [0, 0.1) is 17.8 Å². The zero-order chi connectivity index (χ0) is 20.0. The molecule has 5 nitrogen and oxygen atoms in total. The highest BCUT2D eigenvalue weighted by molar-refractivity contribution is 7.89. The van der Waals surface area contributed by atoms with Crippen LogP contribution >= 0.6 is 0 Å². The van der Waals surface area contributed by atoms with Crippen LogP contribution in [0.4, 0.5) is 5.69 Å². The van der Waals surface area contributed by atoms with E-state index in [1.54, 1.807) is 6.92 Å². The zero-order valence-corrected chi connectivity index (χ0v) is 16.7. The van der Waals surface area contributed by atoms with Crippen molar-refractivity contribution >= 4 is 21.6 Å². The third-order valence-corrected chi connectivity index (χ3v) is 6.72. The van der Waals surface area contributed by atoms with E-state index in [4.69, 9.17) is 0 Å². The summed E-state index contributed by atoms with van der Waals surface area (Å²) in [4.78, 5) is 12.6. The van der Waals surface area contributed by atoms with Crippen molar-refractivity contribution in [2.45, 2.75) is 19.8 Å². The predicted octanol–water partition coefficient (Wildman–Crippen LogP) is 3.09. The summed E-state index contributed by atoms with van der Waals surface area (Å²) < 4.78 is 25.4. The fraction of sp³-hybridized carbons (Fsp3) is 0.318. The standard InChI is InChI=1S/C22H24N2O3S/c1-2-28(26,27)24-15-13-20(14-16-24)22(25)23-21-10-6-9-19(17-21)12-11-18-7-4-3-5-8-18/h3-10,17,20H,2,13-16H2,1H3,(H,23,25). The summed E-state index contributed by atoms with van der Waals surface area (Å²) >= 11 is 0. The van der Waals surface area contributed by atoms with Gasteiger partial charge in [0.25, 0.3) is 0 Å². The second kappa shape index (κ2) is 9.05. The van der Waals surface area contributed by atoms with Gasteiger partial charge >= 0.3 is 0 Å². The average molecular weight is 397 g/mol. The number of rotatable bonds is 4. The first kappa shape index (κ1) is 20.1. The van der Waals surface area contributed by atoms with Crippen LogP contribution in [0.5, 0.6) is 0 Å². The van der Waals surface area contributed by atoms with Gasteiger partial charge in [0.05, 0.1) is 5.75 Å². The first-order chi connectivity index (χ1) is 13.5. The smallest absolute Gasteiger partial charge is 0.227 e. The minimum Gasteiger partial charge on any atom is -0.326 e. The molecule has 3 rings (SSSR count). The van der Waals surface area contributed by atoms with Gasteiger partial charge < -0.3 is 5.32 Å². The van der Waals surface area contributed by atoms with E-state index >= 15 is 0 Å². The molecule has 0 saturated carbocycles. The van der Waals surface area contributed by atoms with Crippen molar-refractivity contribution in [1.82, 2.24) is 4.31 Å². The Morgan fingerprint density at radius 3 is 2.36 bits per heavy atom. The Morgan fingerprint density at radius 2 is 1.68 bits per heavy atom. The number of nitrogens with one attached hydrogen (secondary N) is 1. The van der Waals surface area contributed by atoms with E-state index in [9.17, 15) is 13.2 Å². The van der Waals surface area contributed by atoms with Gasteiger partial charge in [0, 0.05) is 35.8 Å². The van der Waals surface area contributed by atoms with Gasteiger partial charge in [-0.15, -0.1) is 0 Å². The minimum atomic E-state index is -3.18. The molecule has 0 unspecified atom stereocenters. The van der Waals surface area contributed by atoms with E-state index in [0.717, 1.165) is 11.1 Å². The van der Waals surface area contributed by atoms with Gasteiger partial charge in [-0.1, -0.05) is 36.1 Å². The van der Waals surface area contributed by atoms with Crippen molar-refractivity contribution in [1.29, 1.82) is 0 Å². The monoisotopic (exact) mass is 396 g/mol. The van der Waals surface area contributed by atoms with Crippen LogP contribution in [0.3, 0.4) is 0 Å². The van der Waals surface area contributed by atoms with Gasteiger partial charge in [-0.25, -0.2) is 12.7 Å². The number of hydrogen-bond donors (Lipinski definition) is 1. The van der Waals surface area contributed by atoms with Crippen LogP contribution in [-0.4, -0.2) is 37.5 Å². The van der Waals surface area contributed by atoms with Crippen LogP contribution in [0.1, 0.15) is 30.9 Å². The molecular formula is C22H24N2O3S. The van der Waals surface area contributed by atoms with Gasteiger partial charge in [-0.05, 0) is 50.1 Å². The maximum Gasteiger partial charge on any atom is 0.227 e. The molecule has 6 heteroatoms. The normalized spacial score (nSPS) is 15.5. The van der Waals surface area contributed by atoms with Crippen molar-refractivity contribution in [3.8, 4) is 11.8 Å². The number of carbonyl (C=O) groups is 1. The lowest BCUT2D eigenvalue weighted by molar-refractivity contribution is -0.120. The highest BCUT2D eigenvalue weighted by Gasteiger charge is 2.30. The fourth-order valence-electron chi connectivity index (χ4n) is 3.16. The fourth-order valence-corrected chi connectivity index (χ4v) is 4.30. The van der Waals surface area contributed by atoms with Crippen LogP contribution in [-0.2, 0) is 14.8 Å². The summed E-state index contributed by atoms with van der Waals surface area (Å²) in [6.45, 7) is 2.44. The highest BCUT2D eigenvalue weighted by Crippen LogP contribution is 2.22. The summed E-state index contributed by atoms with van der Waals surface area (Å²) in [5, 5.41) is 2.94. The lowest BCUT2D eigenvalue weighted by atomic mass is 9.97. The largest absolute Gasteiger partial charge is 0.326 e. The Hall–Kier alpha value is -2.62. The molecule has 2 aromatic carbocycles. The molecule has 1 aliphatic rings. The third kappa shape index (κ3) is 5.22. The first-order valence-electron chi connectivity index (χ1n) is 9.44. The second-order valence-corrected chi connectivity index (χ2v) is 9.02. The molecule has 0 bridgehead atoms. The van der Waals surface area contributed by atoms with Gasteiger partial charge in [0.15, 0.2) is 0 Å². The topological polar surface area (TPSA) is 66.5 Å². The lowest BCUT2D eigenvalue weighted by Gasteiger charge is -2.30. The van der Waals surface area contributed by atoms with Crippen LogP contribution in [0.15, 0.2) is 54.6 Å². The summed E-state index contributed by atoms with van der Waals surface area (Å²) in [6, 6.07) is 17.2. The molecule has 2 aromatic rings. The summed E-state index contributed by atoms with van der Waals surface area (Å²) in [7, 11) is -3.18. The van der Waals surface area contributed by atoms with E-state index < -0.39 is 10.0 Å². The first-order valence-corrected chi connectivity index (χ1v) is 11.0. The van der Waals surface area contributed by atoms with Gasteiger partial charge in [0.2, 0.25) is 15.9 Å². The predicted molar refractivity (Wildman–Crippen MR) is 111 cm³/mol. The molecule has 28 heavy (non-hydrogen) atoms. The minimum absolute atomic E-state index is 0.0679. The summed E-state index contributed by atoms with van der Waals surface area (Å²) in [5.74, 6) is 6.06. The maximum atomic E-state index is 12.6. The number of amides is 1. The number of anilines is 1. The molecule has 0 spiro atoms. The number of sulfonamides is 1. The Morgan fingerprint density at radius 1 is 1.04 bits per heavy atom. The molecule has 0 aromatic heterocycles. The van der Waals surface area contributed by atoms with Crippen LogP contribution in [0.2, 0.25) is 0 Å². The molecule has 0 aliphatic carbocycles. The maximum absolute atomic E-state index is 12.6. The molecule has 1 saturated heterocycles. The molecule has 1 N–H and O–H groups in total. The van der Waals surface area contributed by atoms with Crippen LogP contribution in [0.25, 0.3) is 0 Å². The molecule has 1 amide bonds. The van der Waals surface area contributed by atoms with Crippen LogP contribution < -0.4 is 5.32 Å². The van der Waals surface area contributed by atoms with Crippen molar-refractivity contribution in [3.05, 3.63) is 65.7 Å². The molecule has 0 atom stereocenters. The number of piperidine rings is 1. The SMILES string of the molecule is CCS(=O)(=O)N1CCC(C(=O)Nc2cccc(C#Cc3ccccc3)c2)CC1. The number of benzene rings is 2. The number of nitrogens with zero attached hydrogens (tertiary/aromatic N) is 1. The lowest BCUT2D eigenvalue weighted by Crippen LogP contribution is -2.42. The quantitative estimate of drug-likeness (QED) is 0.808. The summed E-state index contributed by atoms with van der Waals surface area (Å²) in [5.41, 5.74) is 2.46. The van der Waals surface area contributed by atoms with Crippen molar-refractivity contribution < 1.29 is 13.2 Å². The Balaban J connectivity index is 1.60. The second-order valence-electron chi connectivity index (χ2n) is 6.76. The zero-order valence-electron chi connectivity index (χ0n) is 15.9. The Bertz CT molecular complexity index is 983. The van der Waals surface area contributed by atoms with Gasteiger partial charge in [-0.3, -0.25) is 4.79 Å². The average Bonchev–Trinajstić information content (AvgIpc) is 2.73. The van der Waals surface area contributed by atoms with Crippen molar-refractivity contribution in [2.24, 2.45) is 5.92 Å². The number of carbonyl (C=O) groups excluding carboxylic acids is 1. The molecule has 1 heterocycles. The van der Waals surface area contributed by atoms with E-state index in [0.29, 0.717) is 31.6 Å². The van der Waals surface area contributed by atoms with E-state index in [2.05, 4.69) is 17.2 Å². The van der Waals surface area contributed by atoms with E-state index in [1.807, 2.05) is 54.6 Å². The van der Waals surface area contributed by atoms with Gasteiger partial charge in [0.1, 0.15) is 0 Å². The third-order valence-electron chi connectivity index (χ3n) is 4.84. The highest BCUT2D eigenvalue weighted by atomic mass is 32.2. The summed E-state index contributed by atoms with van der Waals surface area (Å²) in [6.07, 6.45) is 1.08. The Kier molecular flexibility index (Phi) is 6.50. The van der Waals surface area contributed by atoms with Crippen molar-refractivity contribution in [3.63, 3.8) is 0 Å². The van der Waals surface area contributed by atoms with E-state index in [-0.39, 0.29) is 17.6 Å².